The van der Waals surface area contributed by atoms with Gasteiger partial charge in [-0.1, -0.05) is 6.92 Å². The van der Waals surface area contributed by atoms with Gasteiger partial charge in [0.05, 0.1) is 6.61 Å². The summed E-state index contributed by atoms with van der Waals surface area (Å²) < 4.78 is 4.65. The molecule has 1 amide bonds. The Morgan fingerprint density at radius 1 is 1.73 bits per heavy atom. The normalized spacial score (nSPS) is 12.3. The molecule has 0 rings (SSSR count). The van der Waals surface area contributed by atoms with Crippen molar-refractivity contribution in [3.63, 3.8) is 0 Å². The number of nitrogens with two attached hydrogens (primary N) is 1. The molecule has 3 N–H and O–H groups in total. The van der Waals surface area contributed by atoms with Crippen molar-refractivity contribution >= 4 is 6.09 Å². The summed E-state index contributed by atoms with van der Waals surface area (Å²) >= 11 is 0. The van der Waals surface area contributed by atoms with Crippen molar-refractivity contribution < 1.29 is 9.53 Å². The van der Waals surface area contributed by atoms with Crippen LogP contribution in [0.15, 0.2) is 0 Å². The molecule has 0 spiro atoms. The van der Waals surface area contributed by atoms with E-state index in [0.717, 1.165) is 0 Å². The van der Waals surface area contributed by atoms with Gasteiger partial charge in [-0.05, 0) is 19.4 Å². The number of rotatable bonds is 4. The van der Waals surface area contributed by atoms with Gasteiger partial charge in [-0.2, -0.15) is 0 Å². The monoisotopic (exact) mass is 160 g/mol. The van der Waals surface area contributed by atoms with Crippen molar-refractivity contribution in [1.29, 1.82) is 0 Å². The first kappa shape index (κ1) is 10.2. The standard InChI is InChI=1S/C7H16N2O2/c1-3-11-7(10)9-5-6(2)4-8/h6H,3-5,8H2,1-2H3,(H,9,10). The highest BCUT2D eigenvalue weighted by Gasteiger charge is 2.02. The molecule has 4 heteroatoms. The van der Waals surface area contributed by atoms with Gasteiger partial charge in [0.1, 0.15) is 0 Å². The number of carbonyl (C=O) groups is 1. The summed E-state index contributed by atoms with van der Waals surface area (Å²) in [6.07, 6.45) is -0.368. The van der Waals surface area contributed by atoms with E-state index in [-0.39, 0.29) is 6.09 Å². The predicted octanol–water partition coefficient (Wildman–Crippen LogP) is 0.327. The molecule has 0 aromatic carbocycles. The van der Waals surface area contributed by atoms with E-state index in [2.05, 4.69) is 10.1 Å². The van der Waals surface area contributed by atoms with Crippen molar-refractivity contribution in [2.45, 2.75) is 13.8 Å². The van der Waals surface area contributed by atoms with Crippen LogP contribution < -0.4 is 11.1 Å². The Labute approximate surface area is 67.1 Å². The second-order valence-electron chi connectivity index (χ2n) is 2.44. The lowest BCUT2D eigenvalue weighted by atomic mass is 10.2. The van der Waals surface area contributed by atoms with Gasteiger partial charge in [-0.25, -0.2) is 4.79 Å². The molecule has 66 valence electrons. The van der Waals surface area contributed by atoms with E-state index in [1.54, 1.807) is 6.92 Å². The second kappa shape index (κ2) is 5.97. The molecule has 1 atom stereocenters. The van der Waals surface area contributed by atoms with Crippen molar-refractivity contribution in [1.82, 2.24) is 5.32 Å². The lowest BCUT2D eigenvalue weighted by Crippen LogP contribution is -2.31. The van der Waals surface area contributed by atoms with Gasteiger partial charge in [0.25, 0.3) is 0 Å². The quantitative estimate of drug-likeness (QED) is 0.622. The summed E-state index contributed by atoms with van der Waals surface area (Å²) in [7, 11) is 0. The van der Waals surface area contributed by atoms with Crippen LogP contribution in [-0.2, 0) is 4.74 Å². The maximum atomic E-state index is 10.7. The SMILES string of the molecule is CCOC(=O)NCC(C)CN. The molecule has 1 unspecified atom stereocenters. The van der Waals surface area contributed by atoms with Gasteiger partial charge >= 0.3 is 6.09 Å². The molecular formula is C7H16N2O2. The van der Waals surface area contributed by atoms with Crippen LogP contribution in [0.1, 0.15) is 13.8 Å². The summed E-state index contributed by atoms with van der Waals surface area (Å²) in [5.41, 5.74) is 5.34. The van der Waals surface area contributed by atoms with Crippen LogP contribution in [0.25, 0.3) is 0 Å². The van der Waals surface area contributed by atoms with Crippen LogP contribution in [0.2, 0.25) is 0 Å². The van der Waals surface area contributed by atoms with Crippen LogP contribution in [0, 0.1) is 5.92 Å². The van der Waals surface area contributed by atoms with Crippen LogP contribution >= 0.6 is 0 Å². The first-order valence-corrected chi connectivity index (χ1v) is 3.81. The van der Waals surface area contributed by atoms with E-state index < -0.39 is 0 Å². The van der Waals surface area contributed by atoms with Gasteiger partial charge in [0.15, 0.2) is 0 Å². The van der Waals surface area contributed by atoms with Gasteiger partial charge in [0, 0.05) is 6.54 Å². The van der Waals surface area contributed by atoms with Gasteiger partial charge in [-0.3, -0.25) is 0 Å². The Hall–Kier alpha value is -0.770. The minimum atomic E-state index is -0.368. The molecule has 0 saturated heterocycles. The third-order valence-electron chi connectivity index (χ3n) is 1.27. The minimum absolute atomic E-state index is 0.305. The molecule has 0 bridgehead atoms. The zero-order chi connectivity index (χ0) is 8.69. The smallest absolute Gasteiger partial charge is 0.407 e. The zero-order valence-electron chi connectivity index (χ0n) is 7.09. The van der Waals surface area contributed by atoms with Gasteiger partial charge < -0.3 is 15.8 Å². The fraction of sp³-hybridized carbons (Fsp3) is 0.857. The number of ether oxygens (including phenoxy) is 1. The maximum absolute atomic E-state index is 10.7. The Morgan fingerprint density at radius 3 is 2.82 bits per heavy atom. The average molecular weight is 160 g/mol. The van der Waals surface area contributed by atoms with E-state index in [1.165, 1.54) is 0 Å². The molecule has 0 aromatic heterocycles. The number of hydrogen-bond donors (Lipinski definition) is 2. The zero-order valence-corrected chi connectivity index (χ0v) is 7.09. The fourth-order valence-electron chi connectivity index (χ4n) is 0.523. The first-order chi connectivity index (χ1) is 5.20. The molecule has 4 nitrogen and oxygen atoms in total. The first-order valence-electron chi connectivity index (χ1n) is 3.81. The second-order valence-corrected chi connectivity index (χ2v) is 2.44. The molecule has 0 radical (unpaired) electrons. The number of nitrogens with one attached hydrogen (secondary N) is 1. The number of hydrogen-bond acceptors (Lipinski definition) is 3. The summed E-state index contributed by atoms with van der Waals surface area (Å²) in [5.74, 6) is 0.305. The molecule has 0 heterocycles. The van der Waals surface area contributed by atoms with Crippen molar-refractivity contribution in [2.75, 3.05) is 19.7 Å². The summed E-state index contributed by atoms with van der Waals surface area (Å²) in [4.78, 5) is 10.7. The third kappa shape index (κ3) is 5.66. The number of carbonyl (C=O) groups excluding carboxylic acids is 1. The van der Waals surface area contributed by atoms with Crippen molar-refractivity contribution in [3.8, 4) is 0 Å². The number of alkyl carbamates (subject to hydrolysis) is 1. The molecule has 11 heavy (non-hydrogen) atoms. The molecular weight excluding hydrogens is 144 g/mol. The van der Waals surface area contributed by atoms with E-state index in [1.807, 2.05) is 6.92 Å². The highest BCUT2D eigenvalue weighted by atomic mass is 16.5. The van der Waals surface area contributed by atoms with Crippen molar-refractivity contribution in [2.24, 2.45) is 11.7 Å². The molecule has 0 aliphatic carbocycles. The Morgan fingerprint density at radius 2 is 2.36 bits per heavy atom. The lowest BCUT2D eigenvalue weighted by Gasteiger charge is -2.09. The molecule has 0 aliphatic rings. The van der Waals surface area contributed by atoms with E-state index in [4.69, 9.17) is 5.73 Å². The predicted molar refractivity (Wildman–Crippen MR) is 43.2 cm³/mol. The lowest BCUT2D eigenvalue weighted by molar-refractivity contribution is 0.151. The molecule has 0 fully saturated rings. The average Bonchev–Trinajstić information content (AvgIpc) is 2.01. The van der Waals surface area contributed by atoms with Crippen LogP contribution in [0.4, 0.5) is 4.79 Å². The Kier molecular flexibility index (Phi) is 5.56. The molecule has 0 aromatic rings. The fourth-order valence-corrected chi connectivity index (χ4v) is 0.523. The highest BCUT2D eigenvalue weighted by molar-refractivity contribution is 5.66. The minimum Gasteiger partial charge on any atom is -0.450 e. The Bertz CT molecular complexity index is 117. The van der Waals surface area contributed by atoms with Gasteiger partial charge in [0.2, 0.25) is 0 Å². The van der Waals surface area contributed by atoms with Crippen LogP contribution in [0.3, 0.4) is 0 Å². The molecule has 0 aliphatic heterocycles. The highest BCUT2D eigenvalue weighted by Crippen LogP contribution is 1.87. The van der Waals surface area contributed by atoms with E-state index >= 15 is 0 Å². The van der Waals surface area contributed by atoms with E-state index in [9.17, 15) is 4.79 Å². The maximum Gasteiger partial charge on any atom is 0.407 e. The number of amides is 1. The summed E-state index contributed by atoms with van der Waals surface area (Å²) in [5, 5.41) is 2.59. The van der Waals surface area contributed by atoms with Crippen LogP contribution in [0.5, 0.6) is 0 Å². The Balaban J connectivity index is 3.30. The third-order valence-corrected chi connectivity index (χ3v) is 1.27. The van der Waals surface area contributed by atoms with Crippen molar-refractivity contribution in [3.05, 3.63) is 0 Å². The van der Waals surface area contributed by atoms with Gasteiger partial charge in [-0.15, -0.1) is 0 Å². The van der Waals surface area contributed by atoms with Crippen LogP contribution in [-0.4, -0.2) is 25.8 Å². The largest absolute Gasteiger partial charge is 0.450 e. The summed E-state index contributed by atoms with van der Waals surface area (Å²) in [6, 6.07) is 0. The topological polar surface area (TPSA) is 64.3 Å². The summed E-state index contributed by atoms with van der Waals surface area (Å²) in [6.45, 7) is 5.29. The molecule has 0 saturated carbocycles. The van der Waals surface area contributed by atoms with E-state index in [0.29, 0.717) is 25.6 Å².